The minimum absolute atomic E-state index is 0.603. The van der Waals surface area contributed by atoms with Gasteiger partial charge in [0.1, 0.15) is 0 Å². The van der Waals surface area contributed by atoms with Crippen LogP contribution in [0.4, 0.5) is 0 Å². The van der Waals surface area contributed by atoms with E-state index in [0.29, 0.717) is 11.8 Å². The minimum atomic E-state index is 0.603. The van der Waals surface area contributed by atoms with Gasteiger partial charge in [0.05, 0.1) is 0 Å². The highest BCUT2D eigenvalue weighted by Gasteiger charge is 2.16. The number of rotatable bonds is 6. The summed E-state index contributed by atoms with van der Waals surface area (Å²) in [5.41, 5.74) is 7.36. The molecule has 0 spiro atoms. The summed E-state index contributed by atoms with van der Waals surface area (Å²) in [6.45, 7) is 9.19. The van der Waals surface area contributed by atoms with E-state index in [4.69, 9.17) is 0 Å². The van der Waals surface area contributed by atoms with Crippen molar-refractivity contribution in [3.05, 3.63) is 102 Å². The summed E-state index contributed by atoms with van der Waals surface area (Å²) in [5.74, 6) is 2.12. The molecule has 0 fully saturated rings. The van der Waals surface area contributed by atoms with Crippen LogP contribution in [0.25, 0.3) is 59.1 Å². The maximum absolute atomic E-state index is 4.59. The molecule has 3 heterocycles. The molecule has 0 N–H and O–H groups in total. The number of hydrogen-bond acceptors (Lipinski definition) is 3. The molecule has 0 atom stereocenters. The van der Waals surface area contributed by atoms with Crippen molar-refractivity contribution in [1.29, 1.82) is 0 Å². The van der Waals surface area contributed by atoms with Crippen LogP contribution < -0.4 is 0 Å². The lowest BCUT2D eigenvalue weighted by Crippen LogP contribution is -1.95. The third-order valence-corrected chi connectivity index (χ3v) is 8.96. The van der Waals surface area contributed by atoms with Crippen molar-refractivity contribution in [3.8, 4) is 22.5 Å². The smallest absolute Gasteiger partial charge is 0.168 e. The third-order valence-electron chi connectivity index (χ3n) is 7.74. The topological polar surface area (TPSA) is 30.2 Å². The van der Waals surface area contributed by atoms with Gasteiger partial charge in [-0.15, -0.1) is 21.5 Å². The Labute approximate surface area is 239 Å². The summed E-state index contributed by atoms with van der Waals surface area (Å²) in [6.07, 6.45) is 4.26. The van der Waals surface area contributed by atoms with Crippen LogP contribution in [0.3, 0.4) is 0 Å². The van der Waals surface area contributed by atoms with Gasteiger partial charge in [-0.05, 0) is 82.6 Å². The fourth-order valence-electron chi connectivity index (χ4n) is 6.00. The fourth-order valence-corrected chi connectivity index (χ4v) is 7.20. The average Bonchev–Trinajstić information content (AvgIpc) is 3.54. The molecule has 0 saturated heterocycles. The Morgan fingerprint density at radius 3 is 2.20 bits per heavy atom. The maximum atomic E-state index is 4.59. The molecule has 0 amide bonds. The van der Waals surface area contributed by atoms with Crippen molar-refractivity contribution in [2.24, 2.45) is 11.8 Å². The summed E-state index contributed by atoms with van der Waals surface area (Å²) in [4.78, 5) is 0. The first-order chi connectivity index (χ1) is 19.4. The first kappa shape index (κ1) is 25.0. The zero-order valence-electron chi connectivity index (χ0n) is 23.5. The number of thiophene rings is 1. The second-order valence-corrected chi connectivity index (χ2v) is 12.9. The quantitative estimate of drug-likeness (QED) is 0.210. The molecule has 0 aliphatic rings. The maximum Gasteiger partial charge on any atom is 0.168 e. The van der Waals surface area contributed by atoms with Crippen molar-refractivity contribution >= 4 is 47.9 Å². The highest BCUT2D eigenvalue weighted by atomic mass is 32.1. The predicted molar refractivity (Wildman–Crippen MR) is 171 cm³/mol. The van der Waals surface area contributed by atoms with Gasteiger partial charge in [-0.1, -0.05) is 82.3 Å². The lowest BCUT2D eigenvalue weighted by atomic mass is 9.94. The van der Waals surface area contributed by atoms with E-state index in [1.807, 2.05) is 11.3 Å². The van der Waals surface area contributed by atoms with Crippen LogP contribution in [0.15, 0.2) is 91.1 Å². The van der Waals surface area contributed by atoms with E-state index < -0.39 is 0 Å². The van der Waals surface area contributed by atoms with E-state index in [1.165, 1.54) is 47.8 Å². The Hall–Kier alpha value is -4.02. The monoisotopic (exact) mass is 539 g/mol. The number of benzene rings is 4. The van der Waals surface area contributed by atoms with Crippen molar-refractivity contribution in [2.75, 3.05) is 0 Å². The molecular formula is C36H33N3S. The van der Waals surface area contributed by atoms with E-state index in [2.05, 4.69) is 133 Å². The average molecular weight is 540 g/mol. The van der Waals surface area contributed by atoms with E-state index in [-0.39, 0.29) is 0 Å². The molecule has 0 aliphatic carbocycles. The van der Waals surface area contributed by atoms with E-state index in [1.54, 1.807) is 0 Å². The van der Waals surface area contributed by atoms with Crippen LogP contribution >= 0.6 is 11.3 Å². The van der Waals surface area contributed by atoms with Crippen molar-refractivity contribution < 1.29 is 0 Å². The Morgan fingerprint density at radius 1 is 0.675 bits per heavy atom. The summed E-state index contributed by atoms with van der Waals surface area (Å²) < 4.78 is 4.83. The Balaban J connectivity index is 1.35. The van der Waals surface area contributed by atoms with Crippen LogP contribution in [-0.4, -0.2) is 14.6 Å². The van der Waals surface area contributed by atoms with Gasteiger partial charge in [0.25, 0.3) is 0 Å². The molecule has 3 aromatic heterocycles. The van der Waals surface area contributed by atoms with Crippen molar-refractivity contribution in [2.45, 2.75) is 40.5 Å². The molecular weight excluding hydrogens is 506 g/mol. The third kappa shape index (κ3) is 4.37. The van der Waals surface area contributed by atoms with E-state index in [0.717, 1.165) is 35.3 Å². The first-order valence-corrected chi connectivity index (χ1v) is 15.1. The molecule has 198 valence electrons. The van der Waals surface area contributed by atoms with Crippen LogP contribution in [0, 0.1) is 11.8 Å². The molecule has 0 bridgehead atoms. The largest absolute Gasteiger partial charge is 0.282 e. The van der Waals surface area contributed by atoms with Crippen LogP contribution in [0.1, 0.15) is 38.8 Å². The van der Waals surface area contributed by atoms with Gasteiger partial charge in [-0.25, -0.2) is 0 Å². The van der Waals surface area contributed by atoms with Gasteiger partial charge in [-0.3, -0.25) is 4.40 Å². The van der Waals surface area contributed by atoms with Gasteiger partial charge < -0.3 is 0 Å². The molecule has 0 unspecified atom stereocenters. The highest BCUT2D eigenvalue weighted by molar-refractivity contribution is 7.26. The Kier molecular flexibility index (Phi) is 6.16. The van der Waals surface area contributed by atoms with E-state index in [9.17, 15) is 0 Å². The van der Waals surface area contributed by atoms with Gasteiger partial charge in [0.2, 0.25) is 0 Å². The number of aromatic nitrogens is 3. The summed E-state index contributed by atoms with van der Waals surface area (Å²) in [7, 11) is 0. The van der Waals surface area contributed by atoms with Gasteiger partial charge in [0.15, 0.2) is 11.5 Å². The van der Waals surface area contributed by atoms with Gasteiger partial charge in [0, 0.05) is 37.3 Å². The zero-order chi connectivity index (χ0) is 27.4. The zero-order valence-corrected chi connectivity index (χ0v) is 24.3. The number of pyridine rings is 1. The lowest BCUT2D eigenvalue weighted by molar-refractivity contribution is 0.647. The van der Waals surface area contributed by atoms with Crippen LogP contribution in [-0.2, 0) is 12.8 Å². The molecule has 0 saturated carbocycles. The van der Waals surface area contributed by atoms with E-state index >= 15 is 0 Å². The predicted octanol–water partition coefficient (Wildman–Crippen LogP) is 9.98. The van der Waals surface area contributed by atoms with Crippen LogP contribution in [0.5, 0.6) is 0 Å². The SMILES string of the molecule is CC(C)Cc1ccc2sc3c(-c4ccc(-c5nnc6c7ccccc7ccn56)cc4)cc(CC(C)C)cc3c2c1. The Morgan fingerprint density at radius 2 is 1.40 bits per heavy atom. The number of hydrogen-bond donors (Lipinski definition) is 0. The highest BCUT2D eigenvalue weighted by Crippen LogP contribution is 2.42. The summed E-state index contributed by atoms with van der Waals surface area (Å²) in [6, 6.07) is 31.3. The summed E-state index contributed by atoms with van der Waals surface area (Å²) >= 11 is 1.92. The lowest BCUT2D eigenvalue weighted by Gasteiger charge is -2.11. The molecule has 40 heavy (non-hydrogen) atoms. The van der Waals surface area contributed by atoms with Gasteiger partial charge in [-0.2, -0.15) is 0 Å². The normalized spacial score (nSPS) is 12.2. The number of fused-ring (bicyclic) bond motifs is 6. The molecule has 4 heteroatoms. The fraction of sp³-hybridized carbons (Fsp3) is 0.222. The second kappa shape index (κ2) is 9.87. The minimum Gasteiger partial charge on any atom is -0.282 e. The van der Waals surface area contributed by atoms with Crippen molar-refractivity contribution in [1.82, 2.24) is 14.6 Å². The molecule has 7 aromatic rings. The summed E-state index contributed by atoms with van der Waals surface area (Å²) in [5, 5.41) is 14.2. The van der Waals surface area contributed by atoms with Crippen LogP contribution in [0.2, 0.25) is 0 Å². The molecule has 3 nitrogen and oxygen atoms in total. The van der Waals surface area contributed by atoms with Gasteiger partial charge >= 0.3 is 0 Å². The standard InChI is InChI=1S/C36H33N3S/c1-22(2)17-24-9-14-33-31(19-24)32-21-25(18-23(3)4)20-30(34(32)40-33)27-10-12-28(13-11-27)35-37-38-36-29-8-6-5-7-26(29)15-16-39(35)36/h5-16,19-23H,17-18H2,1-4H3. The molecule has 0 aliphatic heterocycles. The first-order valence-electron chi connectivity index (χ1n) is 14.3. The molecule has 4 aromatic carbocycles. The second-order valence-electron chi connectivity index (χ2n) is 11.8. The molecule has 0 radical (unpaired) electrons. The Bertz CT molecular complexity index is 2010. The number of nitrogens with zero attached hydrogens (tertiary/aromatic N) is 3. The molecule has 7 rings (SSSR count). The van der Waals surface area contributed by atoms with Crippen molar-refractivity contribution in [3.63, 3.8) is 0 Å².